The van der Waals surface area contributed by atoms with Gasteiger partial charge in [0.05, 0.1) is 6.54 Å². The molecule has 2 fully saturated rings. The minimum absolute atomic E-state index is 0.113. The Kier molecular flexibility index (Phi) is 7.39. The molecule has 2 aromatic rings. The molecule has 2 aliphatic heterocycles. The summed E-state index contributed by atoms with van der Waals surface area (Å²) in [6.45, 7) is 6.34. The summed E-state index contributed by atoms with van der Waals surface area (Å²) in [6.07, 6.45) is 1.31. The highest BCUT2D eigenvalue weighted by Gasteiger charge is 2.28. The summed E-state index contributed by atoms with van der Waals surface area (Å²) in [7, 11) is -3.45. The Morgan fingerprint density at radius 1 is 0.935 bits per heavy atom. The topological polar surface area (TPSA) is 73.0 Å². The van der Waals surface area contributed by atoms with Crippen molar-refractivity contribution >= 4 is 27.3 Å². The van der Waals surface area contributed by atoms with Crippen molar-refractivity contribution in [3.8, 4) is 0 Å². The van der Waals surface area contributed by atoms with Crippen LogP contribution < -0.4 is 4.72 Å². The molecule has 4 rings (SSSR count). The second-order valence-corrected chi connectivity index (χ2v) is 11.1. The van der Waals surface area contributed by atoms with Crippen LogP contribution in [-0.2, 0) is 21.4 Å². The van der Waals surface area contributed by atoms with E-state index in [9.17, 15) is 13.2 Å². The molecule has 3 heterocycles. The first-order valence-electron chi connectivity index (χ1n) is 10.8. The molecule has 1 amide bonds. The fraction of sp³-hybridized carbons (Fsp3) is 0.500. The van der Waals surface area contributed by atoms with Gasteiger partial charge in [0.2, 0.25) is 15.9 Å². The summed E-state index contributed by atoms with van der Waals surface area (Å²) in [4.78, 5) is 19.3. The zero-order valence-corrected chi connectivity index (χ0v) is 19.3. The van der Waals surface area contributed by atoms with Crippen LogP contribution in [-0.4, -0.2) is 80.9 Å². The molecule has 9 heteroatoms. The van der Waals surface area contributed by atoms with Crippen molar-refractivity contribution in [2.24, 2.45) is 0 Å². The molecule has 2 saturated heterocycles. The molecule has 2 aliphatic rings. The minimum atomic E-state index is -3.45. The quantitative estimate of drug-likeness (QED) is 0.680. The first-order valence-corrected chi connectivity index (χ1v) is 13.2. The second kappa shape index (κ2) is 10.2. The molecule has 0 atom stereocenters. The maximum Gasteiger partial charge on any atom is 0.250 e. The summed E-state index contributed by atoms with van der Waals surface area (Å²) in [5.74, 6) is 0.149. The first-order chi connectivity index (χ1) is 15.0. The lowest BCUT2D eigenvalue weighted by molar-refractivity contribution is -0.133. The fourth-order valence-electron chi connectivity index (χ4n) is 4.18. The Hall–Kier alpha value is -1.78. The number of carbonyl (C=O) groups excluding carboxylic acids is 1. The molecule has 1 aromatic carbocycles. The molecule has 7 nitrogen and oxygen atoms in total. The average Bonchev–Trinajstić information content (AvgIpc) is 3.32. The summed E-state index contributed by atoms with van der Waals surface area (Å²) < 4.78 is 27.9. The Labute approximate surface area is 188 Å². The summed E-state index contributed by atoms with van der Waals surface area (Å²) in [6, 6.07) is 13.7. The molecule has 31 heavy (non-hydrogen) atoms. The van der Waals surface area contributed by atoms with Crippen molar-refractivity contribution in [3.05, 3.63) is 53.4 Å². The van der Waals surface area contributed by atoms with E-state index in [1.807, 2.05) is 11.0 Å². The molecule has 0 unspecified atom stereocenters. The third-order valence-electron chi connectivity index (χ3n) is 6.00. The van der Waals surface area contributed by atoms with E-state index in [2.05, 4.69) is 38.8 Å². The normalized spacial score (nSPS) is 19.5. The van der Waals surface area contributed by atoms with E-state index in [1.54, 1.807) is 17.5 Å². The Balaban J connectivity index is 1.18. The Morgan fingerprint density at radius 3 is 2.26 bits per heavy atom. The number of carbonyl (C=O) groups is 1. The molecule has 0 spiro atoms. The first kappa shape index (κ1) is 22.4. The summed E-state index contributed by atoms with van der Waals surface area (Å²) in [5, 5.41) is 1.76. The van der Waals surface area contributed by atoms with Crippen molar-refractivity contribution in [2.45, 2.75) is 29.6 Å². The molecule has 1 N–H and O–H groups in total. The number of piperidine rings is 1. The van der Waals surface area contributed by atoms with Gasteiger partial charge in [-0.25, -0.2) is 13.1 Å². The molecule has 168 valence electrons. The van der Waals surface area contributed by atoms with Gasteiger partial charge >= 0.3 is 0 Å². The van der Waals surface area contributed by atoms with E-state index >= 15 is 0 Å². The zero-order valence-electron chi connectivity index (χ0n) is 17.7. The number of likely N-dealkylation sites (tertiary alicyclic amines) is 1. The van der Waals surface area contributed by atoms with Gasteiger partial charge in [0.25, 0.3) is 0 Å². The van der Waals surface area contributed by atoms with Crippen LogP contribution in [0.4, 0.5) is 0 Å². The average molecular weight is 463 g/mol. The van der Waals surface area contributed by atoms with E-state index in [1.165, 1.54) is 16.9 Å². The highest BCUT2D eigenvalue weighted by molar-refractivity contribution is 7.91. The molecule has 1 aromatic heterocycles. The standard InChI is InChI=1S/C22H30N4O3S2/c27-21(18-25-14-12-24(13-15-25)17-19-5-2-1-3-6-19)26-10-8-20(9-11-26)23-31(28,29)22-7-4-16-30-22/h1-7,16,20,23H,8-15,17-18H2. The lowest BCUT2D eigenvalue weighted by Crippen LogP contribution is -2.52. The van der Waals surface area contributed by atoms with E-state index in [0.717, 1.165) is 32.7 Å². The van der Waals surface area contributed by atoms with E-state index in [4.69, 9.17) is 0 Å². The van der Waals surface area contributed by atoms with Crippen molar-refractivity contribution in [1.82, 2.24) is 19.4 Å². The van der Waals surface area contributed by atoms with Gasteiger partial charge in [-0.3, -0.25) is 14.6 Å². The number of rotatable bonds is 7. The van der Waals surface area contributed by atoms with Crippen LogP contribution >= 0.6 is 11.3 Å². The number of amides is 1. The van der Waals surface area contributed by atoms with Gasteiger partial charge in [0.15, 0.2) is 0 Å². The third-order valence-corrected chi connectivity index (χ3v) is 8.92. The second-order valence-electron chi connectivity index (χ2n) is 8.25. The minimum Gasteiger partial charge on any atom is -0.341 e. The smallest absolute Gasteiger partial charge is 0.250 e. The number of nitrogens with zero attached hydrogens (tertiary/aromatic N) is 3. The van der Waals surface area contributed by atoms with Crippen molar-refractivity contribution in [2.75, 3.05) is 45.8 Å². The van der Waals surface area contributed by atoms with Gasteiger partial charge in [-0.2, -0.15) is 0 Å². The third kappa shape index (κ3) is 6.14. The SMILES string of the molecule is O=C(CN1CCN(Cc2ccccc2)CC1)N1CCC(NS(=O)(=O)c2cccs2)CC1. The number of piperazine rings is 1. The van der Waals surface area contributed by atoms with Crippen LogP contribution in [0.15, 0.2) is 52.1 Å². The molecule has 0 aliphatic carbocycles. The van der Waals surface area contributed by atoms with E-state index < -0.39 is 10.0 Å². The number of hydrogen-bond acceptors (Lipinski definition) is 6. The van der Waals surface area contributed by atoms with Gasteiger partial charge < -0.3 is 4.90 Å². The van der Waals surface area contributed by atoms with Crippen LogP contribution in [0.5, 0.6) is 0 Å². The number of hydrogen-bond donors (Lipinski definition) is 1. The number of thiophene rings is 1. The van der Waals surface area contributed by atoms with Crippen molar-refractivity contribution in [3.63, 3.8) is 0 Å². The monoisotopic (exact) mass is 462 g/mol. The van der Waals surface area contributed by atoms with Crippen LogP contribution in [0, 0.1) is 0 Å². The lowest BCUT2D eigenvalue weighted by Gasteiger charge is -2.37. The van der Waals surface area contributed by atoms with Gasteiger partial charge in [0, 0.05) is 51.9 Å². The highest BCUT2D eigenvalue weighted by Crippen LogP contribution is 2.19. The van der Waals surface area contributed by atoms with Gasteiger partial charge in [-0.1, -0.05) is 36.4 Å². The van der Waals surface area contributed by atoms with Crippen molar-refractivity contribution in [1.29, 1.82) is 0 Å². The number of sulfonamides is 1. The molecule has 0 saturated carbocycles. The molecule has 0 bridgehead atoms. The number of nitrogens with one attached hydrogen (secondary N) is 1. The van der Waals surface area contributed by atoms with Crippen LogP contribution in [0.25, 0.3) is 0 Å². The molecular weight excluding hydrogens is 432 g/mol. The molecule has 0 radical (unpaired) electrons. The number of benzene rings is 1. The maximum absolute atomic E-state index is 12.8. The van der Waals surface area contributed by atoms with Gasteiger partial charge in [0.1, 0.15) is 4.21 Å². The summed E-state index contributed by atoms with van der Waals surface area (Å²) >= 11 is 1.22. The fourth-order valence-corrected chi connectivity index (χ4v) is 6.49. The Morgan fingerprint density at radius 2 is 1.61 bits per heavy atom. The predicted octanol–water partition coefficient (Wildman–Crippen LogP) is 1.84. The lowest BCUT2D eigenvalue weighted by atomic mass is 10.1. The van der Waals surface area contributed by atoms with Crippen LogP contribution in [0.2, 0.25) is 0 Å². The van der Waals surface area contributed by atoms with Gasteiger partial charge in [-0.05, 0) is 29.9 Å². The Bertz CT molecular complexity index is 934. The van der Waals surface area contributed by atoms with Gasteiger partial charge in [-0.15, -0.1) is 11.3 Å². The summed E-state index contributed by atoms with van der Waals surface area (Å²) in [5.41, 5.74) is 1.32. The van der Waals surface area contributed by atoms with E-state index in [0.29, 0.717) is 36.7 Å². The highest BCUT2D eigenvalue weighted by atomic mass is 32.2. The largest absolute Gasteiger partial charge is 0.341 e. The van der Waals surface area contributed by atoms with Crippen molar-refractivity contribution < 1.29 is 13.2 Å². The van der Waals surface area contributed by atoms with Crippen LogP contribution in [0.1, 0.15) is 18.4 Å². The van der Waals surface area contributed by atoms with E-state index in [-0.39, 0.29) is 11.9 Å². The maximum atomic E-state index is 12.8. The van der Waals surface area contributed by atoms with Crippen LogP contribution in [0.3, 0.4) is 0 Å². The predicted molar refractivity (Wildman–Crippen MR) is 122 cm³/mol. The zero-order chi connectivity index (χ0) is 21.7. The molecular formula is C22H30N4O3S2.